The zero-order valence-electron chi connectivity index (χ0n) is 12.2. The van der Waals surface area contributed by atoms with Gasteiger partial charge in [-0.2, -0.15) is 5.10 Å². The van der Waals surface area contributed by atoms with Crippen LogP contribution in [0.4, 0.5) is 17.2 Å². The van der Waals surface area contributed by atoms with Gasteiger partial charge in [0.2, 0.25) is 0 Å². The van der Waals surface area contributed by atoms with Crippen LogP contribution in [0.25, 0.3) is 11.3 Å². The molecular weight excluding hydrogens is 260 g/mol. The number of nitrogens with two attached hydrogens (primary N) is 1. The summed E-state index contributed by atoms with van der Waals surface area (Å²) in [7, 11) is 1.96. The molecule has 3 rings (SSSR count). The smallest absolute Gasteiger partial charge is 0.155 e. The molecule has 0 radical (unpaired) electrons. The standard InChI is InChI=1S/C17H18N4/c1-12-8-9-16(14(18)10-12)21(2)17-11-15(19-20-17)13-6-4-3-5-7-13/h3-11H,18H2,1-2H3,(H,19,20). The minimum Gasteiger partial charge on any atom is -0.397 e. The summed E-state index contributed by atoms with van der Waals surface area (Å²) < 4.78 is 0. The lowest BCUT2D eigenvalue weighted by atomic mass is 10.1. The molecule has 0 aliphatic heterocycles. The largest absolute Gasteiger partial charge is 0.397 e. The van der Waals surface area contributed by atoms with Gasteiger partial charge < -0.3 is 10.6 Å². The van der Waals surface area contributed by atoms with Crippen LogP contribution in [0.15, 0.2) is 54.6 Å². The summed E-state index contributed by atoms with van der Waals surface area (Å²) in [6.45, 7) is 2.03. The number of benzene rings is 2. The maximum absolute atomic E-state index is 6.10. The van der Waals surface area contributed by atoms with Crippen molar-refractivity contribution in [3.8, 4) is 11.3 Å². The number of anilines is 3. The van der Waals surface area contributed by atoms with Crippen LogP contribution >= 0.6 is 0 Å². The number of nitrogen functional groups attached to an aromatic ring is 1. The van der Waals surface area contributed by atoms with E-state index < -0.39 is 0 Å². The molecule has 0 fully saturated rings. The van der Waals surface area contributed by atoms with Crippen LogP contribution in [0, 0.1) is 6.92 Å². The number of hydrogen-bond acceptors (Lipinski definition) is 3. The van der Waals surface area contributed by atoms with Gasteiger partial charge in [0.1, 0.15) is 0 Å². The second kappa shape index (κ2) is 5.32. The maximum Gasteiger partial charge on any atom is 0.155 e. The van der Waals surface area contributed by atoms with Crippen LogP contribution in [0.5, 0.6) is 0 Å². The van der Waals surface area contributed by atoms with Crippen LogP contribution in [-0.4, -0.2) is 17.2 Å². The summed E-state index contributed by atoms with van der Waals surface area (Å²) >= 11 is 0. The lowest BCUT2D eigenvalue weighted by Gasteiger charge is -2.18. The van der Waals surface area contributed by atoms with Crippen molar-refractivity contribution in [1.82, 2.24) is 10.2 Å². The Morgan fingerprint density at radius 1 is 1.05 bits per heavy atom. The first-order chi connectivity index (χ1) is 10.1. The predicted octanol–water partition coefficient (Wildman–Crippen LogP) is 3.74. The Balaban J connectivity index is 1.92. The maximum atomic E-state index is 6.10. The molecule has 0 aliphatic rings. The molecule has 21 heavy (non-hydrogen) atoms. The van der Waals surface area contributed by atoms with E-state index in [1.54, 1.807) is 0 Å². The van der Waals surface area contributed by atoms with Crippen molar-refractivity contribution in [3.63, 3.8) is 0 Å². The molecular formula is C17H18N4. The van der Waals surface area contributed by atoms with E-state index in [-0.39, 0.29) is 0 Å². The lowest BCUT2D eigenvalue weighted by Crippen LogP contribution is -2.12. The van der Waals surface area contributed by atoms with Crippen LogP contribution in [0.3, 0.4) is 0 Å². The molecule has 0 atom stereocenters. The summed E-state index contributed by atoms with van der Waals surface area (Å²) in [5, 5.41) is 7.45. The highest BCUT2D eigenvalue weighted by Crippen LogP contribution is 2.30. The molecule has 3 aromatic rings. The number of nitrogens with zero attached hydrogens (tertiary/aromatic N) is 2. The Kier molecular flexibility index (Phi) is 3.36. The summed E-state index contributed by atoms with van der Waals surface area (Å²) in [5.74, 6) is 0.837. The Labute approximate surface area is 124 Å². The molecule has 4 nitrogen and oxygen atoms in total. The zero-order chi connectivity index (χ0) is 14.8. The van der Waals surface area contributed by atoms with E-state index in [0.29, 0.717) is 0 Å². The Hall–Kier alpha value is -2.75. The molecule has 0 amide bonds. The van der Waals surface area contributed by atoms with Gasteiger partial charge >= 0.3 is 0 Å². The molecule has 1 aromatic heterocycles. The second-order valence-corrected chi connectivity index (χ2v) is 5.13. The van der Waals surface area contributed by atoms with Crippen molar-refractivity contribution in [2.45, 2.75) is 6.92 Å². The SMILES string of the molecule is Cc1ccc(N(C)c2cc(-c3ccccc3)[nH]n2)c(N)c1. The first kappa shape index (κ1) is 13.2. The quantitative estimate of drug-likeness (QED) is 0.718. The fraction of sp³-hybridized carbons (Fsp3) is 0.118. The number of rotatable bonds is 3. The number of nitrogens with one attached hydrogen (secondary N) is 1. The van der Waals surface area contributed by atoms with Crippen molar-refractivity contribution >= 4 is 17.2 Å². The molecule has 1 heterocycles. The number of H-pyrrole nitrogens is 1. The molecule has 3 N–H and O–H groups in total. The minimum absolute atomic E-state index is 0.752. The van der Waals surface area contributed by atoms with Gasteiger partial charge in [-0.25, -0.2) is 0 Å². The lowest BCUT2D eigenvalue weighted by molar-refractivity contribution is 1.04. The summed E-state index contributed by atoms with van der Waals surface area (Å²) in [4.78, 5) is 1.98. The first-order valence-electron chi connectivity index (χ1n) is 6.86. The normalized spacial score (nSPS) is 10.6. The molecule has 0 bridgehead atoms. The van der Waals surface area contributed by atoms with E-state index in [4.69, 9.17) is 5.73 Å². The summed E-state index contributed by atoms with van der Waals surface area (Å²) in [6, 6.07) is 18.2. The van der Waals surface area contributed by atoms with Crippen LogP contribution < -0.4 is 10.6 Å². The van der Waals surface area contributed by atoms with Gasteiger partial charge in [-0.15, -0.1) is 0 Å². The number of hydrogen-bond donors (Lipinski definition) is 2. The van der Waals surface area contributed by atoms with Crippen molar-refractivity contribution < 1.29 is 0 Å². The third-order valence-corrected chi connectivity index (χ3v) is 3.54. The molecule has 4 heteroatoms. The van der Waals surface area contributed by atoms with E-state index in [9.17, 15) is 0 Å². The minimum atomic E-state index is 0.752. The molecule has 0 unspecified atom stereocenters. The zero-order valence-corrected chi connectivity index (χ0v) is 12.2. The first-order valence-corrected chi connectivity index (χ1v) is 6.86. The Bertz CT molecular complexity index is 746. The van der Waals surface area contributed by atoms with Crippen LogP contribution in [0.1, 0.15) is 5.56 Å². The highest BCUT2D eigenvalue weighted by atomic mass is 15.3. The third kappa shape index (κ3) is 2.60. The van der Waals surface area contributed by atoms with Crippen molar-refractivity contribution in [2.75, 3.05) is 17.7 Å². The highest BCUT2D eigenvalue weighted by Gasteiger charge is 2.11. The van der Waals surface area contributed by atoms with E-state index >= 15 is 0 Å². The highest BCUT2D eigenvalue weighted by molar-refractivity contribution is 5.75. The van der Waals surface area contributed by atoms with E-state index in [0.717, 1.165) is 34.0 Å². The van der Waals surface area contributed by atoms with Crippen molar-refractivity contribution in [2.24, 2.45) is 0 Å². The van der Waals surface area contributed by atoms with Gasteiger partial charge in [-0.05, 0) is 30.2 Å². The number of aromatic nitrogens is 2. The van der Waals surface area contributed by atoms with E-state index in [2.05, 4.69) is 22.3 Å². The summed E-state index contributed by atoms with van der Waals surface area (Å²) in [5.41, 5.74) is 11.1. The fourth-order valence-corrected chi connectivity index (χ4v) is 2.35. The third-order valence-electron chi connectivity index (χ3n) is 3.54. The Morgan fingerprint density at radius 3 is 2.52 bits per heavy atom. The summed E-state index contributed by atoms with van der Waals surface area (Å²) in [6.07, 6.45) is 0. The molecule has 0 aliphatic carbocycles. The van der Waals surface area contributed by atoms with Crippen LogP contribution in [-0.2, 0) is 0 Å². The predicted molar refractivity (Wildman–Crippen MR) is 87.7 cm³/mol. The molecule has 0 saturated carbocycles. The molecule has 106 valence electrons. The number of aryl methyl sites for hydroxylation is 1. The van der Waals surface area contributed by atoms with E-state index in [1.807, 2.05) is 61.3 Å². The average molecular weight is 278 g/mol. The van der Waals surface area contributed by atoms with Gasteiger partial charge in [-0.1, -0.05) is 36.4 Å². The molecule has 2 aromatic carbocycles. The van der Waals surface area contributed by atoms with Gasteiger partial charge in [-0.3, -0.25) is 5.10 Å². The van der Waals surface area contributed by atoms with Gasteiger partial charge in [0.15, 0.2) is 5.82 Å². The van der Waals surface area contributed by atoms with Gasteiger partial charge in [0.05, 0.1) is 17.1 Å². The van der Waals surface area contributed by atoms with E-state index in [1.165, 1.54) is 0 Å². The van der Waals surface area contributed by atoms with Crippen molar-refractivity contribution in [3.05, 3.63) is 60.2 Å². The number of aromatic amines is 1. The molecule has 0 spiro atoms. The fourth-order valence-electron chi connectivity index (χ4n) is 2.35. The van der Waals surface area contributed by atoms with Gasteiger partial charge in [0.25, 0.3) is 0 Å². The van der Waals surface area contributed by atoms with Gasteiger partial charge in [0, 0.05) is 13.1 Å². The second-order valence-electron chi connectivity index (χ2n) is 5.13. The Morgan fingerprint density at radius 2 is 1.81 bits per heavy atom. The monoisotopic (exact) mass is 278 g/mol. The van der Waals surface area contributed by atoms with Crippen LogP contribution in [0.2, 0.25) is 0 Å². The topological polar surface area (TPSA) is 57.9 Å². The molecule has 0 saturated heterocycles. The average Bonchev–Trinajstić information content (AvgIpc) is 2.97. The van der Waals surface area contributed by atoms with Crippen molar-refractivity contribution in [1.29, 1.82) is 0 Å².